The molecule has 1 atom stereocenters. The molecule has 14 heavy (non-hydrogen) atoms. The fourth-order valence-corrected chi connectivity index (χ4v) is 1.21. The predicted molar refractivity (Wildman–Crippen MR) is 53.1 cm³/mol. The number of aliphatic hydroxyl groups is 1. The van der Waals surface area contributed by atoms with Gasteiger partial charge >= 0.3 is 5.97 Å². The summed E-state index contributed by atoms with van der Waals surface area (Å²) in [5.41, 5.74) is 1.55. The summed E-state index contributed by atoms with van der Waals surface area (Å²) < 4.78 is 0. The highest BCUT2D eigenvalue weighted by Crippen LogP contribution is 2.18. The van der Waals surface area contributed by atoms with E-state index in [1.54, 1.807) is 12.1 Å². The quantitative estimate of drug-likeness (QED) is 0.773. The topological polar surface area (TPSA) is 57.5 Å². The van der Waals surface area contributed by atoms with Crippen molar-refractivity contribution in [3.63, 3.8) is 0 Å². The first-order valence-corrected chi connectivity index (χ1v) is 4.53. The highest BCUT2D eigenvalue weighted by Gasteiger charge is 2.15. The molecule has 3 heteroatoms. The second-order valence-corrected chi connectivity index (χ2v) is 3.56. The van der Waals surface area contributed by atoms with E-state index in [2.05, 4.69) is 13.8 Å². The molecule has 1 rings (SSSR count). The van der Waals surface area contributed by atoms with Crippen LogP contribution in [0, 0.1) is 0 Å². The maximum atomic E-state index is 10.5. The van der Waals surface area contributed by atoms with Crippen molar-refractivity contribution >= 4 is 5.97 Å². The van der Waals surface area contributed by atoms with Crippen molar-refractivity contribution in [2.45, 2.75) is 25.9 Å². The fourth-order valence-electron chi connectivity index (χ4n) is 1.21. The van der Waals surface area contributed by atoms with E-state index in [1.807, 2.05) is 12.1 Å². The van der Waals surface area contributed by atoms with Crippen molar-refractivity contribution in [3.8, 4) is 0 Å². The monoisotopic (exact) mass is 194 g/mol. The van der Waals surface area contributed by atoms with Crippen LogP contribution < -0.4 is 0 Å². The maximum Gasteiger partial charge on any atom is 0.337 e. The minimum atomic E-state index is -1.42. The van der Waals surface area contributed by atoms with E-state index >= 15 is 0 Å². The summed E-state index contributed by atoms with van der Waals surface area (Å²) in [6.07, 6.45) is -1.42. The second kappa shape index (κ2) is 4.24. The van der Waals surface area contributed by atoms with E-state index in [9.17, 15) is 9.90 Å². The van der Waals surface area contributed by atoms with Gasteiger partial charge in [0.05, 0.1) is 0 Å². The molecule has 0 aliphatic carbocycles. The Morgan fingerprint density at radius 2 is 1.57 bits per heavy atom. The smallest absolute Gasteiger partial charge is 0.337 e. The van der Waals surface area contributed by atoms with Gasteiger partial charge in [-0.15, -0.1) is 0 Å². The number of aliphatic hydroxyl groups excluding tert-OH is 1. The first kappa shape index (κ1) is 10.7. The van der Waals surface area contributed by atoms with Crippen molar-refractivity contribution < 1.29 is 15.0 Å². The van der Waals surface area contributed by atoms with Crippen LogP contribution >= 0.6 is 0 Å². The van der Waals surface area contributed by atoms with Crippen LogP contribution in [0.5, 0.6) is 0 Å². The molecule has 0 aliphatic heterocycles. The van der Waals surface area contributed by atoms with Crippen LogP contribution in [0.25, 0.3) is 0 Å². The number of hydrogen-bond donors (Lipinski definition) is 2. The molecule has 0 saturated carbocycles. The summed E-state index contributed by atoms with van der Waals surface area (Å²) in [7, 11) is 0. The Morgan fingerprint density at radius 1 is 1.14 bits per heavy atom. The molecule has 0 bridgehead atoms. The van der Waals surface area contributed by atoms with E-state index in [-0.39, 0.29) is 0 Å². The number of carboxylic acids is 1. The normalized spacial score (nSPS) is 12.9. The standard InChI is InChI=1S/C11H14O3/c1-7(2)8-3-5-9(6-4-8)10(12)11(13)14/h3-7,10,12H,1-2H3,(H,13,14)/t10-/m1/s1. The van der Waals surface area contributed by atoms with Crippen molar-refractivity contribution in [1.82, 2.24) is 0 Å². The molecule has 0 aliphatic rings. The fraction of sp³-hybridized carbons (Fsp3) is 0.364. The lowest BCUT2D eigenvalue weighted by Crippen LogP contribution is -2.10. The van der Waals surface area contributed by atoms with Gasteiger partial charge in [-0.3, -0.25) is 0 Å². The largest absolute Gasteiger partial charge is 0.479 e. The van der Waals surface area contributed by atoms with E-state index in [0.29, 0.717) is 11.5 Å². The average Bonchev–Trinajstić information content (AvgIpc) is 2.16. The third kappa shape index (κ3) is 2.33. The zero-order valence-corrected chi connectivity index (χ0v) is 8.27. The lowest BCUT2D eigenvalue weighted by Gasteiger charge is -2.08. The van der Waals surface area contributed by atoms with Gasteiger partial charge in [-0.25, -0.2) is 4.79 Å². The van der Waals surface area contributed by atoms with Crippen molar-refractivity contribution in [3.05, 3.63) is 35.4 Å². The van der Waals surface area contributed by atoms with Crippen molar-refractivity contribution in [2.24, 2.45) is 0 Å². The molecule has 3 nitrogen and oxygen atoms in total. The number of rotatable bonds is 3. The van der Waals surface area contributed by atoms with Crippen LogP contribution in [0.1, 0.15) is 37.0 Å². The predicted octanol–water partition coefficient (Wildman–Crippen LogP) is 1.93. The molecule has 0 heterocycles. The number of carbonyl (C=O) groups is 1. The molecule has 0 aromatic heterocycles. The van der Waals surface area contributed by atoms with Gasteiger partial charge < -0.3 is 10.2 Å². The van der Waals surface area contributed by atoms with Crippen LogP contribution in [0.15, 0.2) is 24.3 Å². The number of carboxylic acid groups (broad SMARTS) is 1. The highest BCUT2D eigenvalue weighted by atomic mass is 16.4. The van der Waals surface area contributed by atoms with Crippen LogP contribution in [0.4, 0.5) is 0 Å². The van der Waals surface area contributed by atoms with E-state index in [0.717, 1.165) is 5.56 Å². The molecule has 1 aromatic rings. The molecular weight excluding hydrogens is 180 g/mol. The Hall–Kier alpha value is -1.35. The van der Waals surface area contributed by atoms with Crippen molar-refractivity contribution in [2.75, 3.05) is 0 Å². The zero-order valence-electron chi connectivity index (χ0n) is 8.27. The molecule has 2 N–H and O–H groups in total. The zero-order chi connectivity index (χ0) is 10.7. The summed E-state index contributed by atoms with van der Waals surface area (Å²) >= 11 is 0. The average molecular weight is 194 g/mol. The third-order valence-electron chi connectivity index (χ3n) is 2.15. The van der Waals surface area contributed by atoms with Gasteiger partial charge in [-0.2, -0.15) is 0 Å². The molecule has 1 aromatic carbocycles. The SMILES string of the molecule is CC(C)c1ccc([C@@H](O)C(=O)O)cc1. The molecule has 0 fully saturated rings. The van der Waals surface area contributed by atoms with Gasteiger partial charge in [0.25, 0.3) is 0 Å². The first-order chi connectivity index (χ1) is 6.52. The summed E-state index contributed by atoms with van der Waals surface area (Å²) in [5.74, 6) is -0.812. The molecule has 0 saturated heterocycles. The Bertz CT molecular complexity index is 314. The summed E-state index contributed by atoms with van der Waals surface area (Å²) in [6.45, 7) is 4.12. The van der Waals surface area contributed by atoms with E-state index < -0.39 is 12.1 Å². The number of hydrogen-bond acceptors (Lipinski definition) is 2. The Balaban J connectivity index is 2.88. The Morgan fingerprint density at radius 3 is 1.93 bits per heavy atom. The second-order valence-electron chi connectivity index (χ2n) is 3.56. The molecular formula is C11H14O3. The van der Waals surface area contributed by atoms with Gasteiger partial charge in [0, 0.05) is 0 Å². The van der Waals surface area contributed by atoms with E-state index in [4.69, 9.17) is 5.11 Å². The molecule has 0 radical (unpaired) electrons. The molecule has 0 spiro atoms. The summed E-state index contributed by atoms with van der Waals surface area (Å²) in [5, 5.41) is 17.8. The van der Waals surface area contributed by atoms with Crippen LogP contribution in [-0.4, -0.2) is 16.2 Å². The van der Waals surface area contributed by atoms with E-state index in [1.165, 1.54) is 0 Å². The van der Waals surface area contributed by atoms with Crippen LogP contribution in [-0.2, 0) is 4.79 Å². The van der Waals surface area contributed by atoms with Crippen LogP contribution in [0.2, 0.25) is 0 Å². The highest BCUT2D eigenvalue weighted by molar-refractivity contribution is 5.73. The number of benzene rings is 1. The molecule has 76 valence electrons. The maximum absolute atomic E-state index is 10.5. The summed E-state index contributed by atoms with van der Waals surface area (Å²) in [6, 6.07) is 6.97. The van der Waals surface area contributed by atoms with Gasteiger partial charge in [0.2, 0.25) is 0 Å². The van der Waals surface area contributed by atoms with Crippen LogP contribution in [0.3, 0.4) is 0 Å². The molecule has 0 amide bonds. The van der Waals surface area contributed by atoms with Gasteiger partial charge in [0.15, 0.2) is 6.10 Å². The minimum absolute atomic E-state index is 0.408. The van der Waals surface area contributed by atoms with Crippen molar-refractivity contribution in [1.29, 1.82) is 0 Å². The summed E-state index contributed by atoms with van der Waals surface area (Å²) in [4.78, 5) is 10.5. The van der Waals surface area contributed by atoms with Gasteiger partial charge in [-0.1, -0.05) is 38.1 Å². The van der Waals surface area contributed by atoms with Gasteiger partial charge in [-0.05, 0) is 17.0 Å². The van der Waals surface area contributed by atoms with Gasteiger partial charge in [0.1, 0.15) is 0 Å². The lowest BCUT2D eigenvalue weighted by molar-refractivity contribution is -0.146. The Kier molecular flexibility index (Phi) is 3.25. The molecule has 0 unspecified atom stereocenters. The minimum Gasteiger partial charge on any atom is -0.479 e. The lowest BCUT2D eigenvalue weighted by atomic mass is 10.00. The number of aliphatic carboxylic acids is 1. The Labute approximate surface area is 83.0 Å². The first-order valence-electron chi connectivity index (χ1n) is 4.53. The third-order valence-corrected chi connectivity index (χ3v) is 2.15.